The lowest BCUT2D eigenvalue weighted by Crippen LogP contribution is -2.23. The Bertz CT molecular complexity index is 1260. The summed E-state index contributed by atoms with van der Waals surface area (Å²) < 4.78 is 3.10. The highest BCUT2D eigenvalue weighted by Gasteiger charge is 2.21. The van der Waals surface area contributed by atoms with Gasteiger partial charge in [-0.1, -0.05) is 36.9 Å². The van der Waals surface area contributed by atoms with Crippen LogP contribution in [0.3, 0.4) is 0 Å². The molecule has 0 saturated carbocycles. The van der Waals surface area contributed by atoms with Gasteiger partial charge in [-0.2, -0.15) is 5.10 Å². The predicted octanol–water partition coefficient (Wildman–Crippen LogP) is 3.79. The third kappa shape index (κ3) is 4.26. The Hall–Kier alpha value is -3.18. The van der Waals surface area contributed by atoms with Gasteiger partial charge in [0.25, 0.3) is 5.95 Å². The topological polar surface area (TPSA) is 108 Å². The Morgan fingerprint density at radius 3 is 2.72 bits per heavy atom. The van der Waals surface area contributed by atoms with Crippen LogP contribution in [0, 0.1) is 13.8 Å². The highest BCUT2D eigenvalue weighted by Crippen LogP contribution is 2.33. The Morgan fingerprint density at radius 1 is 1.25 bits per heavy atom. The lowest BCUT2D eigenvalue weighted by molar-refractivity contribution is -0.115. The van der Waals surface area contributed by atoms with Crippen LogP contribution in [0.25, 0.3) is 5.95 Å². The first kappa shape index (κ1) is 22.0. The zero-order valence-corrected chi connectivity index (χ0v) is 19.9. The number of nitrogens with zero attached hydrogens (tertiary/aromatic N) is 7. The molecule has 0 bridgehead atoms. The molecule has 1 amide bonds. The number of thiazole rings is 1. The van der Waals surface area contributed by atoms with Crippen LogP contribution in [0.5, 0.6) is 0 Å². The first-order valence-electron chi connectivity index (χ1n) is 10.1. The highest BCUT2D eigenvalue weighted by atomic mass is 32.2. The summed E-state index contributed by atoms with van der Waals surface area (Å²) >= 11 is 2.87. The number of aryl methyl sites for hydroxylation is 3. The molecule has 166 valence electrons. The molecular formula is C21H24N8OS2. The van der Waals surface area contributed by atoms with E-state index in [1.54, 1.807) is 16.5 Å². The molecule has 0 fully saturated rings. The van der Waals surface area contributed by atoms with Gasteiger partial charge in [0.05, 0.1) is 17.1 Å². The summed E-state index contributed by atoms with van der Waals surface area (Å²) in [5.74, 6) is 7.15. The number of carbonyl (C=O) groups is 1. The molecule has 32 heavy (non-hydrogen) atoms. The van der Waals surface area contributed by atoms with Crippen molar-refractivity contribution in [3.05, 3.63) is 58.4 Å². The second kappa shape index (κ2) is 9.13. The number of anilines is 2. The lowest BCUT2D eigenvalue weighted by Gasteiger charge is -2.20. The molecule has 2 N–H and O–H groups in total. The van der Waals surface area contributed by atoms with Crippen molar-refractivity contribution in [2.75, 3.05) is 10.7 Å². The van der Waals surface area contributed by atoms with Crippen molar-refractivity contribution in [1.82, 2.24) is 29.6 Å². The quantitative estimate of drug-likeness (QED) is 0.325. The van der Waals surface area contributed by atoms with E-state index in [1.807, 2.05) is 49.6 Å². The number of carbonyl (C=O) groups excluding carboxylic acids is 1. The number of hydrogen-bond acceptors (Lipinski definition) is 8. The summed E-state index contributed by atoms with van der Waals surface area (Å²) in [6.07, 6.45) is 0.831. The zero-order chi connectivity index (χ0) is 22.8. The van der Waals surface area contributed by atoms with Gasteiger partial charge in [-0.05, 0) is 38.0 Å². The van der Waals surface area contributed by atoms with E-state index >= 15 is 0 Å². The molecule has 0 aliphatic rings. The van der Waals surface area contributed by atoms with Crippen molar-refractivity contribution in [3.8, 4) is 5.95 Å². The van der Waals surface area contributed by atoms with Crippen LogP contribution >= 0.6 is 23.1 Å². The maximum Gasteiger partial charge on any atom is 0.271 e. The number of hydrogen-bond donors (Lipinski definition) is 1. The number of rotatable bonds is 7. The summed E-state index contributed by atoms with van der Waals surface area (Å²) in [7, 11) is 0. The van der Waals surface area contributed by atoms with E-state index in [0.29, 0.717) is 22.0 Å². The molecule has 0 atom stereocenters. The summed E-state index contributed by atoms with van der Waals surface area (Å²) in [6.45, 7) is 7.49. The number of aromatic nitrogens is 6. The largest absolute Gasteiger partial charge is 0.334 e. The van der Waals surface area contributed by atoms with Gasteiger partial charge in [-0.15, -0.1) is 21.5 Å². The summed E-state index contributed by atoms with van der Waals surface area (Å²) in [4.78, 5) is 18.8. The minimum Gasteiger partial charge on any atom is -0.334 e. The molecule has 0 spiro atoms. The molecule has 1 aromatic carbocycles. The molecule has 3 heterocycles. The van der Waals surface area contributed by atoms with Gasteiger partial charge >= 0.3 is 0 Å². The number of amides is 1. The molecule has 4 rings (SSSR count). The normalized spacial score (nSPS) is 11.1. The monoisotopic (exact) mass is 468 g/mol. The van der Waals surface area contributed by atoms with Crippen molar-refractivity contribution in [2.45, 2.75) is 45.0 Å². The third-order valence-electron chi connectivity index (χ3n) is 4.85. The van der Waals surface area contributed by atoms with Crippen LogP contribution in [0.15, 0.2) is 40.9 Å². The predicted molar refractivity (Wildman–Crippen MR) is 127 cm³/mol. The fourth-order valence-corrected chi connectivity index (χ4v) is 5.11. The SMILES string of the molecule is CCc1ccccc1N(C(C)=O)c1nc(CSc2nnc(-n3nc(C)cc3C)n2N)cs1. The number of para-hydroxylation sites is 1. The molecular weight excluding hydrogens is 444 g/mol. The molecule has 0 aliphatic carbocycles. The maximum atomic E-state index is 12.5. The fourth-order valence-electron chi connectivity index (χ4n) is 3.38. The lowest BCUT2D eigenvalue weighted by atomic mass is 10.1. The van der Waals surface area contributed by atoms with E-state index in [4.69, 9.17) is 10.8 Å². The van der Waals surface area contributed by atoms with Crippen molar-refractivity contribution in [3.63, 3.8) is 0 Å². The molecule has 0 radical (unpaired) electrons. The molecule has 0 saturated heterocycles. The van der Waals surface area contributed by atoms with Crippen LogP contribution in [-0.4, -0.2) is 35.5 Å². The highest BCUT2D eigenvalue weighted by molar-refractivity contribution is 7.98. The fraction of sp³-hybridized carbons (Fsp3) is 0.286. The van der Waals surface area contributed by atoms with Gasteiger partial charge < -0.3 is 5.84 Å². The van der Waals surface area contributed by atoms with Crippen molar-refractivity contribution in [1.29, 1.82) is 0 Å². The zero-order valence-electron chi connectivity index (χ0n) is 18.3. The van der Waals surface area contributed by atoms with Crippen molar-refractivity contribution >= 4 is 39.8 Å². The van der Waals surface area contributed by atoms with Crippen LogP contribution in [0.1, 0.15) is 36.5 Å². The van der Waals surface area contributed by atoms with E-state index in [1.165, 1.54) is 27.8 Å². The first-order chi connectivity index (χ1) is 15.4. The molecule has 3 aromatic heterocycles. The molecule has 0 unspecified atom stereocenters. The van der Waals surface area contributed by atoms with Gasteiger partial charge in [-0.3, -0.25) is 9.69 Å². The number of nitrogen functional groups attached to an aromatic ring is 1. The average molecular weight is 469 g/mol. The first-order valence-corrected chi connectivity index (χ1v) is 12.0. The second-order valence-corrected chi connectivity index (χ2v) is 9.02. The van der Waals surface area contributed by atoms with E-state index in [9.17, 15) is 4.79 Å². The van der Waals surface area contributed by atoms with Crippen LogP contribution in [-0.2, 0) is 17.0 Å². The maximum absolute atomic E-state index is 12.5. The molecule has 4 aromatic rings. The summed E-state index contributed by atoms with van der Waals surface area (Å²) in [5.41, 5.74) is 4.62. The van der Waals surface area contributed by atoms with Crippen molar-refractivity contribution < 1.29 is 4.79 Å². The minimum absolute atomic E-state index is 0.0734. The summed E-state index contributed by atoms with van der Waals surface area (Å²) in [6, 6.07) is 9.85. The third-order valence-corrected chi connectivity index (χ3v) is 6.71. The Labute approximate surface area is 194 Å². The van der Waals surface area contributed by atoms with Gasteiger partial charge in [-0.25, -0.2) is 14.3 Å². The number of benzene rings is 1. The molecule has 0 aliphatic heterocycles. The Morgan fingerprint density at radius 2 is 2.03 bits per heavy atom. The van der Waals surface area contributed by atoms with Gasteiger partial charge in [0.15, 0.2) is 5.13 Å². The van der Waals surface area contributed by atoms with Crippen LogP contribution in [0.2, 0.25) is 0 Å². The van der Waals surface area contributed by atoms with Crippen LogP contribution < -0.4 is 10.7 Å². The standard InChI is InChI=1S/C21H24N8OS2/c1-5-16-8-6-7-9-18(16)27(15(4)30)20-23-17(11-31-20)12-32-21-25-24-19(28(21)22)29-14(3)10-13(2)26-29/h6-11H,5,12,22H2,1-4H3. The number of nitrogens with two attached hydrogens (primary N) is 1. The van der Waals surface area contributed by atoms with Gasteiger partial charge in [0.2, 0.25) is 11.1 Å². The second-order valence-electron chi connectivity index (χ2n) is 7.24. The van der Waals surface area contributed by atoms with E-state index in [0.717, 1.165) is 34.8 Å². The van der Waals surface area contributed by atoms with Gasteiger partial charge in [0, 0.05) is 23.8 Å². The Balaban J connectivity index is 1.53. The smallest absolute Gasteiger partial charge is 0.271 e. The van der Waals surface area contributed by atoms with E-state index in [2.05, 4.69) is 22.2 Å². The van der Waals surface area contributed by atoms with E-state index < -0.39 is 0 Å². The van der Waals surface area contributed by atoms with Gasteiger partial charge in [0.1, 0.15) is 0 Å². The Kier molecular flexibility index (Phi) is 6.28. The minimum atomic E-state index is -0.0734. The molecule has 11 heteroatoms. The molecule has 9 nitrogen and oxygen atoms in total. The van der Waals surface area contributed by atoms with Crippen molar-refractivity contribution in [2.24, 2.45) is 0 Å². The van der Waals surface area contributed by atoms with E-state index in [-0.39, 0.29) is 5.91 Å². The van der Waals surface area contributed by atoms with Crippen LogP contribution in [0.4, 0.5) is 10.8 Å². The summed E-state index contributed by atoms with van der Waals surface area (Å²) in [5, 5.41) is 15.9. The average Bonchev–Trinajstić information content (AvgIpc) is 3.46. The number of thioether (sulfide) groups is 1.